The molecular weight excluding hydrogens is 160 g/mol. The normalized spacial score (nSPS) is 10.8. The van der Waals surface area contributed by atoms with Crippen LogP contribution in [0.2, 0.25) is 0 Å². The van der Waals surface area contributed by atoms with E-state index in [-0.39, 0.29) is 0 Å². The standard InChI is InChI=1S/C11H18N2/c1-5-6-9-11(12-4)7-10(13-9)8(2)3/h7-8,13H,4-6H2,1-3H3. The van der Waals surface area contributed by atoms with Gasteiger partial charge >= 0.3 is 0 Å². The van der Waals surface area contributed by atoms with Crippen molar-refractivity contribution < 1.29 is 0 Å². The van der Waals surface area contributed by atoms with Crippen LogP contribution in [-0.2, 0) is 6.42 Å². The van der Waals surface area contributed by atoms with Gasteiger partial charge in [0.05, 0.1) is 5.69 Å². The SMILES string of the molecule is C=Nc1cc(C(C)C)[nH]c1CCC. The lowest BCUT2D eigenvalue weighted by Gasteiger charge is -1.99. The molecule has 0 aromatic carbocycles. The molecule has 0 aliphatic rings. The van der Waals surface area contributed by atoms with E-state index in [1.54, 1.807) is 0 Å². The van der Waals surface area contributed by atoms with E-state index in [1.165, 1.54) is 11.4 Å². The summed E-state index contributed by atoms with van der Waals surface area (Å²) < 4.78 is 0. The monoisotopic (exact) mass is 178 g/mol. The van der Waals surface area contributed by atoms with Gasteiger partial charge in [-0.15, -0.1) is 0 Å². The minimum atomic E-state index is 0.533. The molecule has 13 heavy (non-hydrogen) atoms. The van der Waals surface area contributed by atoms with Crippen molar-refractivity contribution in [2.45, 2.75) is 39.5 Å². The van der Waals surface area contributed by atoms with Gasteiger partial charge in [-0.05, 0) is 25.1 Å². The number of H-pyrrole nitrogens is 1. The molecule has 0 saturated heterocycles. The molecule has 1 aromatic rings. The highest BCUT2D eigenvalue weighted by molar-refractivity contribution is 5.51. The average Bonchev–Trinajstić information content (AvgIpc) is 2.48. The number of nitrogens with one attached hydrogen (secondary N) is 1. The van der Waals surface area contributed by atoms with Crippen LogP contribution in [0.4, 0.5) is 5.69 Å². The van der Waals surface area contributed by atoms with E-state index in [0.29, 0.717) is 5.92 Å². The number of rotatable bonds is 4. The van der Waals surface area contributed by atoms with E-state index >= 15 is 0 Å². The molecule has 0 fully saturated rings. The van der Waals surface area contributed by atoms with Gasteiger partial charge in [0.1, 0.15) is 0 Å². The number of hydrogen-bond donors (Lipinski definition) is 1. The lowest BCUT2D eigenvalue weighted by Crippen LogP contribution is -1.88. The molecule has 0 spiro atoms. The summed E-state index contributed by atoms with van der Waals surface area (Å²) in [6.07, 6.45) is 2.20. The van der Waals surface area contributed by atoms with Crippen molar-refractivity contribution in [2.24, 2.45) is 4.99 Å². The molecule has 0 atom stereocenters. The zero-order chi connectivity index (χ0) is 9.84. The second kappa shape index (κ2) is 4.26. The Morgan fingerprint density at radius 1 is 1.54 bits per heavy atom. The Labute approximate surface area is 80.1 Å². The predicted molar refractivity (Wildman–Crippen MR) is 58.1 cm³/mol. The predicted octanol–water partition coefficient (Wildman–Crippen LogP) is 3.42. The van der Waals surface area contributed by atoms with Crippen LogP contribution in [0.25, 0.3) is 0 Å². The topological polar surface area (TPSA) is 28.1 Å². The first-order chi connectivity index (χ1) is 6.19. The van der Waals surface area contributed by atoms with Gasteiger partial charge in [0, 0.05) is 11.4 Å². The number of nitrogens with zero attached hydrogens (tertiary/aromatic N) is 1. The molecule has 0 amide bonds. The molecule has 1 rings (SSSR count). The van der Waals surface area contributed by atoms with Crippen molar-refractivity contribution in [3.05, 3.63) is 17.5 Å². The lowest BCUT2D eigenvalue weighted by molar-refractivity contribution is 0.811. The maximum absolute atomic E-state index is 4.01. The van der Waals surface area contributed by atoms with Gasteiger partial charge in [-0.1, -0.05) is 27.2 Å². The van der Waals surface area contributed by atoms with Crippen LogP contribution in [-0.4, -0.2) is 11.7 Å². The third-order valence-electron chi connectivity index (χ3n) is 2.19. The van der Waals surface area contributed by atoms with E-state index < -0.39 is 0 Å². The van der Waals surface area contributed by atoms with Crippen molar-refractivity contribution in [3.63, 3.8) is 0 Å². The summed E-state index contributed by atoms with van der Waals surface area (Å²) in [5.41, 5.74) is 3.50. The summed E-state index contributed by atoms with van der Waals surface area (Å²) in [6, 6.07) is 2.10. The van der Waals surface area contributed by atoms with Crippen LogP contribution >= 0.6 is 0 Å². The minimum absolute atomic E-state index is 0.533. The highest BCUT2D eigenvalue weighted by Crippen LogP contribution is 2.25. The molecule has 0 unspecified atom stereocenters. The average molecular weight is 178 g/mol. The molecule has 0 radical (unpaired) electrons. The van der Waals surface area contributed by atoms with Crippen molar-refractivity contribution in [1.29, 1.82) is 0 Å². The molecule has 0 aliphatic heterocycles. The fourth-order valence-electron chi connectivity index (χ4n) is 1.40. The summed E-state index contributed by atoms with van der Waals surface area (Å²) in [6.45, 7) is 10.1. The molecular formula is C11H18N2. The Morgan fingerprint density at radius 3 is 2.69 bits per heavy atom. The van der Waals surface area contributed by atoms with Gasteiger partial charge in [0.2, 0.25) is 0 Å². The van der Waals surface area contributed by atoms with Gasteiger partial charge in [-0.2, -0.15) is 0 Å². The molecule has 0 bridgehead atoms. The zero-order valence-electron chi connectivity index (χ0n) is 8.72. The van der Waals surface area contributed by atoms with Crippen molar-refractivity contribution >= 4 is 12.4 Å². The fraction of sp³-hybridized carbons (Fsp3) is 0.545. The van der Waals surface area contributed by atoms with E-state index in [2.05, 4.69) is 43.5 Å². The maximum Gasteiger partial charge on any atom is 0.0832 e. The van der Waals surface area contributed by atoms with Crippen molar-refractivity contribution in [3.8, 4) is 0 Å². The molecule has 1 N–H and O–H groups in total. The summed E-state index contributed by atoms with van der Waals surface area (Å²) in [5, 5.41) is 0. The minimum Gasteiger partial charge on any atom is -0.360 e. The van der Waals surface area contributed by atoms with Gasteiger partial charge < -0.3 is 4.98 Å². The highest BCUT2D eigenvalue weighted by Gasteiger charge is 2.07. The summed E-state index contributed by atoms with van der Waals surface area (Å²) in [5.74, 6) is 0.533. The first kappa shape index (κ1) is 10.0. The van der Waals surface area contributed by atoms with Crippen LogP contribution in [0.15, 0.2) is 11.1 Å². The Hall–Kier alpha value is -1.05. The van der Waals surface area contributed by atoms with Crippen LogP contribution in [0.3, 0.4) is 0 Å². The van der Waals surface area contributed by atoms with Crippen molar-refractivity contribution in [2.75, 3.05) is 0 Å². The molecule has 72 valence electrons. The summed E-state index contributed by atoms with van der Waals surface area (Å²) in [4.78, 5) is 7.41. The van der Waals surface area contributed by atoms with E-state index in [4.69, 9.17) is 0 Å². The molecule has 1 aromatic heterocycles. The van der Waals surface area contributed by atoms with E-state index in [0.717, 1.165) is 18.5 Å². The second-order valence-corrected chi connectivity index (χ2v) is 3.65. The highest BCUT2D eigenvalue weighted by atomic mass is 14.8. The van der Waals surface area contributed by atoms with Crippen LogP contribution in [0.1, 0.15) is 44.5 Å². The number of hydrogen-bond acceptors (Lipinski definition) is 1. The number of aryl methyl sites for hydroxylation is 1. The van der Waals surface area contributed by atoms with Gasteiger partial charge in [0.15, 0.2) is 0 Å². The van der Waals surface area contributed by atoms with Gasteiger partial charge in [-0.3, -0.25) is 4.99 Å². The molecule has 2 nitrogen and oxygen atoms in total. The van der Waals surface area contributed by atoms with E-state index in [1.807, 2.05) is 0 Å². The first-order valence-corrected chi connectivity index (χ1v) is 4.87. The largest absolute Gasteiger partial charge is 0.360 e. The third-order valence-corrected chi connectivity index (χ3v) is 2.19. The Kier molecular flexibility index (Phi) is 3.29. The summed E-state index contributed by atoms with van der Waals surface area (Å²) in [7, 11) is 0. The first-order valence-electron chi connectivity index (χ1n) is 4.87. The molecule has 0 saturated carbocycles. The number of aliphatic imine (C=N–C) groups is 1. The Bertz CT molecular complexity index is 284. The smallest absolute Gasteiger partial charge is 0.0832 e. The fourth-order valence-corrected chi connectivity index (χ4v) is 1.40. The molecule has 0 aliphatic carbocycles. The lowest BCUT2D eigenvalue weighted by atomic mass is 10.1. The second-order valence-electron chi connectivity index (χ2n) is 3.65. The van der Waals surface area contributed by atoms with Crippen LogP contribution < -0.4 is 0 Å². The number of aromatic amines is 1. The molecule has 2 heteroatoms. The summed E-state index contributed by atoms with van der Waals surface area (Å²) >= 11 is 0. The van der Waals surface area contributed by atoms with Crippen molar-refractivity contribution in [1.82, 2.24) is 4.98 Å². The quantitative estimate of drug-likeness (QED) is 0.684. The zero-order valence-corrected chi connectivity index (χ0v) is 8.72. The van der Waals surface area contributed by atoms with Gasteiger partial charge in [-0.25, -0.2) is 0 Å². The van der Waals surface area contributed by atoms with Gasteiger partial charge in [0.25, 0.3) is 0 Å². The Morgan fingerprint density at radius 2 is 2.23 bits per heavy atom. The molecule has 1 heterocycles. The van der Waals surface area contributed by atoms with Crippen LogP contribution in [0, 0.1) is 0 Å². The van der Waals surface area contributed by atoms with E-state index in [9.17, 15) is 0 Å². The van der Waals surface area contributed by atoms with Crippen LogP contribution in [0.5, 0.6) is 0 Å². The number of aromatic nitrogens is 1. The third kappa shape index (κ3) is 2.20. The Balaban J connectivity index is 2.96. The maximum atomic E-state index is 4.01.